The van der Waals surface area contributed by atoms with Gasteiger partial charge in [0.1, 0.15) is 23.1 Å². The van der Waals surface area contributed by atoms with Crippen LogP contribution in [0.4, 0.5) is 0 Å². The molecule has 24 heavy (non-hydrogen) atoms. The summed E-state index contributed by atoms with van der Waals surface area (Å²) in [6.07, 6.45) is 3.53. The lowest BCUT2D eigenvalue weighted by molar-refractivity contribution is 0.0242. The lowest BCUT2D eigenvalue weighted by atomic mass is 9.83. The molecule has 1 fully saturated rings. The van der Waals surface area contributed by atoms with Crippen LogP contribution < -0.4 is 4.74 Å². The Labute approximate surface area is 142 Å². The number of ether oxygens (including phenoxy) is 2. The first-order chi connectivity index (χ1) is 11.5. The van der Waals surface area contributed by atoms with Crippen LogP contribution in [0.3, 0.4) is 0 Å². The molecule has 1 saturated heterocycles. The summed E-state index contributed by atoms with van der Waals surface area (Å²) in [5.41, 5.74) is 1.52. The van der Waals surface area contributed by atoms with Crippen LogP contribution in [-0.4, -0.2) is 31.4 Å². The average molecular weight is 328 g/mol. The molecule has 0 aliphatic carbocycles. The number of aromatic nitrogens is 4. The molecule has 6 nitrogen and oxygen atoms in total. The Kier molecular flexibility index (Phi) is 3.42. The van der Waals surface area contributed by atoms with Gasteiger partial charge in [0.05, 0.1) is 0 Å². The molecule has 2 aliphatic rings. The Morgan fingerprint density at radius 3 is 2.83 bits per heavy atom. The Balaban J connectivity index is 1.65. The van der Waals surface area contributed by atoms with Gasteiger partial charge in [-0.1, -0.05) is 19.8 Å². The summed E-state index contributed by atoms with van der Waals surface area (Å²) in [5.74, 6) is 1.70. The first kappa shape index (κ1) is 15.6. The largest absolute Gasteiger partial charge is 0.484 e. The zero-order valence-electron chi connectivity index (χ0n) is 14.7. The van der Waals surface area contributed by atoms with E-state index in [1.165, 1.54) is 12.8 Å². The van der Waals surface area contributed by atoms with Gasteiger partial charge in [0.25, 0.3) is 0 Å². The van der Waals surface area contributed by atoms with Crippen molar-refractivity contribution in [1.82, 2.24) is 20.2 Å². The Hall–Kier alpha value is -1.95. The Morgan fingerprint density at radius 2 is 2.04 bits per heavy atom. The van der Waals surface area contributed by atoms with Crippen molar-refractivity contribution in [2.45, 2.75) is 70.8 Å². The van der Waals surface area contributed by atoms with Crippen LogP contribution in [-0.2, 0) is 11.3 Å². The van der Waals surface area contributed by atoms with Crippen molar-refractivity contribution in [3.8, 4) is 17.1 Å². The van der Waals surface area contributed by atoms with Crippen molar-refractivity contribution >= 4 is 0 Å². The summed E-state index contributed by atoms with van der Waals surface area (Å²) < 4.78 is 14.1. The molecule has 3 heterocycles. The summed E-state index contributed by atoms with van der Waals surface area (Å²) in [6, 6.07) is 6.16. The van der Waals surface area contributed by atoms with Gasteiger partial charge >= 0.3 is 0 Å². The van der Waals surface area contributed by atoms with E-state index in [2.05, 4.69) is 49.3 Å². The van der Waals surface area contributed by atoms with E-state index in [-0.39, 0.29) is 17.3 Å². The number of rotatable bonds is 5. The van der Waals surface area contributed by atoms with E-state index in [0.717, 1.165) is 35.7 Å². The molecule has 4 rings (SSSR count). The molecule has 0 saturated carbocycles. The fourth-order valence-corrected chi connectivity index (χ4v) is 3.46. The monoisotopic (exact) mass is 328 g/mol. The van der Waals surface area contributed by atoms with Gasteiger partial charge in [-0.2, -0.15) is 0 Å². The zero-order chi connectivity index (χ0) is 16.9. The molecule has 6 heteroatoms. The van der Waals surface area contributed by atoms with Crippen LogP contribution >= 0.6 is 0 Å². The van der Waals surface area contributed by atoms with E-state index in [0.29, 0.717) is 0 Å². The number of hydrogen-bond acceptors (Lipinski definition) is 5. The van der Waals surface area contributed by atoms with Crippen LogP contribution in [0.2, 0.25) is 0 Å². The molecular formula is C18H24N4O2. The number of epoxide rings is 1. The van der Waals surface area contributed by atoms with E-state index in [9.17, 15) is 0 Å². The SMILES string of the molecule is CCCCCn1nnnc1-c1ccc2c(c1)[C@@H]1O[C@]1(C)C(C)(C)O2. The molecule has 2 aromatic rings. The number of fused-ring (bicyclic) bond motifs is 3. The highest BCUT2D eigenvalue weighted by Gasteiger charge is 2.67. The number of tetrazole rings is 1. The number of aryl methyl sites for hydroxylation is 1. The topological polar surface area (TPSA) is 65.4 Å². The smallest absolute Gasteiger partial charge is 0.182 e. The van der Waals surface area contributed by atoms with E-state index in [1.807, 2.05) is 16.8 Å². The third kappa shape index (κ3) is 2.24. The van der Waals surface area contributed by atoms with E-state index < -0.39 is 0 Å². The molecule has 0 bridgehead atoms. The van der Waals surface area contributed by atoms with Crippen molar-refractivity contribution in [3.05, 3.63) is 23.8 Å². The molecule has 0 amide bonds. The number of unbranched alkanes of at least 4 members (excludes halogenated alkanes) is 2. The molecular weight excluding hydrogens is 304 g/mol. The van der Waals surface area contributed by atoms with Gasteiger partial charge in [0, 0.05) is 17.7 Å². The highest BCUT2D eigenvalue weighted by atomic mass is 16.7. The van der Waals surface area contributed by atoms with Gasteiger partial charge in [-0.3, -0.25) is 0 Å². The predicted octanol–water partition coefficient (Wildman–Crippen LogP) is 3.53. The molecule has 2 aliphatic heterocycles. The van der Waals surface area contributed by atoms with Gasteiger partial charge in [-0.05, 0) is 55.8 Å². The van der Waals surface area contributed by atoms with Gasteiger partial charge in [-0.15, -0.1) is 5.10 Å². The van der Waals surface area contributed by atoms with Crippen molar-refractivity contribution in [3.63, 3.8) is 0 Å². The molecule has 0 radical (unpaired) electrons. The maximum atomic E-state index is 6.17. The van der Waals surface area contributed by atoms with Crippen LogP contribution in [0.5, 0.6) is 5.75 Å². The minimum Gasteiger partial charge on any atom is -0.484 e. The number of hydrogen-bond donors (Lipinski definition) is 0. The van der Waals surface area contributed by atoms with E-state index in [1.54, 1.807) is 0 Å². The first-order valence-electron chi connectivity index (χ1n) is 8.73. The van der Waals surface area contributed by atoms with Gasteiger partial charge in [0.15, 0.2) is 5.82 Å². The van der Waals surface area contributed by atoms with Crippen molar-refractivity contribution in [2.75, 3.05) is 0 Å². The highest BCUT2D eigenvalue weighted by molar-refractivity contribution is 5.61. The van der Waals surface area contributed by atoms with Crippen molar-refractivity contribution < 1.29 is 9.47 Å². The highest BCUT2D eigenvalue weighted by Crippen LogP contribution is 2.62. The minimum absolute atomic E-state index is 0.0839. The molecule has 1 aromatic carbocycles. The number of benzene rings is 1. The molecule has 1 aromatic heterocycles. The van der Waals surface area contributed by atoms with E-state index >= 15 is 0 Å². The van der Waals surface area contributed by atoms with Crippen LogP contribution in [0.25, 0.3) is 11.4 Å². The normalized spacial score (nSPS) is 26.4. The molecule has 2 atom stereocenters. The lowest BCUT2D eigenvalue weighted by Gasteiger charge is -2.35. The second-order valence-electron chi connectivity index (χ2n) is 7.40. The van der Waals surface area contributed by atoms with Crippen molar-refractivity contribution in [1.29, 1.82) is 0 Å². The summed E-state index contributed by atoms with van der Waals surface area (Å²) in [4.78, 5) is 0. The summed E-state index contributed by atoms with van der Waals surface area (Å²) in [6.45, 7) is 9.31. The van der Waals surface area contributed by atoms with E-state index in [4.69, 9.17) is 9.47 Å². The summed E-state index contributed by atoms with van der Waals surface area (Å²) >= 11 is 0. The zero-order valence-corrected chi connectivity index (χ0v) is 14.7. The second-order valence-corrected chi connectivity index (χ2v) is 7.40. The lowest BCUT2D eigenvalue weighted by Crippen LogP contribution is -2.45. The minimum atomic E-state index is -0.325. The predicted molar refractivity (Wildman–Crippen MR) is 89.7 cm³/mol. The quantitative estimate of drug-likeness (QED) is 0.620. The van der Waals surface area contributed by atoms with Crippen LogP contribution in [0.1, 0.15) is 58.6 Å². The van der Waals surface area contributed by atoms with Crippen molar-refractivity contribution in [2.24, 2.45) is 0 Å². The third-order valence-electron chi connectivity index (χ3n) is 5.42. The average Bonchev–Trinajstić information content (AvgIpc) is 3.05. The second kappa shape index (κ2) is 5.28. The Bertz CT molecular complexity index is 770. The summed E-state index contributed by atoms with van der Waals surface area (Å²) in [7, 11) is 0. The standard InChI is InChI=1S/C18H24N4O2/c1-5-6-7-10-22-16(19-20-21-22)12-8-9-14-13(11-12)15-18(4,24-15)17(2,3)23-14/h8-9,11,15H,5-7,10H2,1-4H3/t15-,18-/m0/s1. The maximum absolute atomic E-state index is 6.17. The van der Waals surface area contributed by atoms with Crippen LogP contribution in [0.15, 0.2) is 18.2 Å². The number of nitrogens with zero attached hydrogens (tertiary/aromatic N) is 4. The maximum Gasteiger partial charge on any atom is 0.182 e. The third-order valence-corrected chi connectivity index (χ3v) is 5.42. The fraction of sp³-hybridized carbons (Fsp3) is 0.611. The molecule has 0 unspecified atom stereocenters. The molecule has 128 valence electrons. The molecule has 0 spiro atoms. The fourth-order valence-electron chi connectivity index (χ4n) is 3.46. The Morgan fingerprint density at radius 1 is 1.21 bits per heavy atom. The first-order valence-corrected chi connectivity index (χ1v) is 8.73. The van der Waals surface area contributed by atoms with Gasteiger partial charge in [0.2, 0.25) is 0 Å². The van der Waals surface area contributed by atoms with Crippen LogP contribution in [0, 0.1) is 0 Å². The van der Waals surface area contributed by atoms with Gasteiger partial charge in [-0.25, -0.2) is 4.68 Å². The summed E-state index contributed by atoms with van der Waals surface area (Å²) in [5, 5.41) is 12.2. The molecule has 0 N–H and O–H groups in total. The van der Waals surface area contributed by atoms with Gasteiger partial charge < -0.3 is 9.47 Å².